The summed E-state index contributed by atoms with van der Waals surface area (Å²) in [5.41, 5.74) is 0.525. The van der Waals surface area contributed by atoms with Crippen molar-refractivity contribution in [3.05, 3.63) is 29.8 Å². The fourth-order valence-corrected chi connectivity index (χ4v) is 2.20. The van der Waals surface area contributed by atoms with Crippen LogP contribution in [0, 0.1) is 5.82 Å². The molecular formula is C13H22FN3. The average Bonchev–Trinajstić information content (AvgIpc) is 2.31. The van der Waals surface area contributed by atoms with Gasteiger partial charge in [-0.25, -0.2) is 4.39 Å². The number of nitrogens with zero attached hydrogens (tertiary/aromatic N) is 2. The van der Waals surface area contributed by atoms with Gasteiger partial charge in [-0.2, -0.15) is 0 Å². The van der Waals surface area contributed by atoms with E-state index in [1.807, 2.05) is 21.1 Å². The van der Waals surface area contributed by atoms with Gasteiger partial charge in [0.05, 0.1) is 12.2 Å². The molecule has 1 N–H and O–H groups in total. The van der Waals surface area contributed by atoms with Gasteiger partial charge >= 0.3 is 0 Å². The standard InChI is InChI=1S/C13H22FN3/c1-6-13(2,17(4)5)12(15-3)10-7-8-16-9-11(10)14/h7-9,12,15H,6H2,1-5H3. The topological polar surface area (TPSA) is 28.2 Å². The molecule has 1 aromatic rings. The molecule has 0 fully saturated rings. The summed E-state index contributed by atoms with van der Waals surface area (Å²) in [5, 5.41) is 3.22. The summed E-state index contributed by atoms with van der Waals surface area (Å²) >= 11 is 0. The Balaban J connectivity index is 3.19. The number of pyridine rings is 1. The Bertz CT molecular complexity index is 367. The first kappa shape index (κ1) is 14.1. The second-order valence-corrected chi connectivity index (χ2v) is 4.72. The molecule has 0 aliphatic rings. The minimum absolute atomic E-state index is 0.0644. The van der Waals surface area contributed by atoms with Crippen LogP contribution < -0.4 is 5.32 Å². The molecule has 0 aliphatic heterocycles. The zero-order chi connectivity index (χ0) is 13.1. The number of hydrogen-bond acceptors (Lipinski definition) is 3. The third kappa shape index (κ3) is 2.64. The van der Waals surface area contributed by atoms with E-state index in [1.54, 1.807) is 12.3 Å². The highest BCUT2D eigenvalue weighted by Gasteiger charge is 2.36. The zero-order valence-corrected chi connectivity index (χ0v) is 11.3. The van der Waals surface area contributed by atoms with Crippen molar-refractivity contribution in [2.75, 3.05) is 21.1 Å². The Kier molecular flexibility index (Phi) is 4.60. The maximum Gasteiger partial charge on any atom is 0.146 e. The largest absolute Gasteiger partial charge is 0.311 e. The average molecular weight is 239 g/mol. The molecule has 1 aromatic heterocycles. The van der Waals surface area contributed by atoms with E-state index in [9.17, 15) is 4.39 Å². The number of halogens is 1. The first-order valence-corrected chi connectivity index (χ1v) is 5.91. The molecule has 17 heavy (non-hydrogen) atoms. The van der Waals surface area contributed by atoms with Gasteiger partial charge in [0.25, 0.3) is 0 Å². The zero-order valence-electron chi connectivity index (χ0n) is 11.3. The van der Waals surface area contributed by atoms with E-state index in [0.717, 1.165) is 6.42 Å². The van der Waals surface area contributed by atoms with Crippen LogP contribution in [-0.2, 0) is 0 Å². The first-order valence-electron chi connectivity index (χ1n) is 5.91. The molecule has 4 heteroatoms. The van der Waals surface area contributed by atoms with Crippen LogP contribution >= 0.6 is 0 Å². The van der Waals surface area contributed by atoms with Crippen LogP contribution in [0.3, 0.4) is 0 Å². The van der Waals surface area contributed by atoms with E-state index >= 15 is 0 Å². The predicted octanol–water partition coefficient (Wildman–Crippen LogP) is 2.21. The van der Waals surface area contributed by atoms with Gasteiger partial charge in [0.1, 0.15) is 5.82 Å². The van der Waals surface area contributed by atoms with Crippen molar-refractivity contribution in [1.29, 1.82) is 0 Å². The minimum atomic E-state index is -0.256. The monoisotopic (exact) mass is 239 g/mol. The van der Waals surface area contributed by atoms with Gasteiger partial charge in [-0.05, 0) is 40.6 Å². The molecule has 0 radical (unpaired) electrons. The summed E-state index contributed by atoms with van der Waals surface area (Å²) in [7, 11) is 5.90. The molecule has 2 unspecified atom stereocenters. The fraction of sp³-hybridized carbons (Fsp3) is 0.615. The molecule has 0 saturated heterocycles. The van der Waals surface area contributed by atoms with Crippen molar-refractivity contribution in [3.8, 4) is 0 Å². The third-order valence-corrected chi connectivity index (χ3v) is 3.76. The van der Waals surface area contributed by atoms with Crippen molar-refractivity contribution in [3.63, 3.8) is 0 Å². The molecule has 0 bridgehead atoms. The van der Waals surface area contributed by atoms with Crippen LogP contribution in [0.15, 0.2) is 18.5 Å². The summed E-state index contributed by atoms with van der Waals surface area (Å²) < 4.78 is 13.8. The first-order chi connectivity index (χ1) is 7.97. The summed E-state index contributed by atoms with van der Waals surface area (Å²) in [6, 6.07) is 1.68. The molecular weight excluding hydrogens is 217 g/mol. The van der Waals surface area contributed by atoms with Crippen molar-refractivity contribution >= 4 is 0 Å². The van der Waals surface area contributed by atoms with E-state index in [-0.39, 0.29) is 17.4 Å². The lowest BCUT2D eigenvalue weighted by Gasteiger charge is -2.42. The predicted molar refractivity (Wildman–Crippen MR) is 68.4 cm³/mol. The molecule has 3 nitrogen and oxygen atoms in total. The number of likely N-dealkylation sites (N-methyl/N-ethyl adjacent to an activating group) is 2. The van der Waals surface area contributed by atoms with Gasteiger partial charge in [0, 0.05) is 17.3 Å². The second kappa shape index (κ2) is 5.56. The maximum atomic E-state index is 13.8. The van der Waals surface area contributed by atoms with Crippen LogP contribution in [0.25, 0.3) is 0 Å². The van der Waals surface area contributed by atoms with E-state index in [1.165, 1.54) is 6.20 Å². The van der Waals surface area contributed by atoms with Crippen molar-refractivity contribution in [2.24, 2.45) is 0 Å². The summed E-state index contributed by atoms with van der Waals surface area (Å²) in [5.74, 6) is -0.256. The van der Waals surface area contributed by atoms with Crippen LogP contribution in [-0.4, -0.2) is 36.6 Å². The molecule has 0 amide bonds. The van der Waals surface area contributed by atoms with Gasteiger partial charge in [-0.3, -0.25) is 4.98 Å². The smallest absolute Gasteiger partial charge is 0.146 e. The van der Waals surface area contributed by atoms with Gasteiger partial charge in [-0.15, -0.1) is 0 Å². The Morgan fingerprint density at radius 1 is 1.53 bits per heavy atom. The van der Waals surface area contributed by atoms with Crippen molar-refractivity contribution in [2.45, 2.75) is 31.8 Å². The number of nitrogens with one attached hydrogen (secondary N) is 1. The lowest BCUT2D eigenvalue weighted by molar-refractivity contribution is 0.115. The SMILES string of the molecule is CCC(C)(C(NC)c1ccncc1F)N(C)C. The number of aromatic nitrogens is 1. The van der Waals surface area contributed by atoms with Crippen LogP contribution in [0.5, 0.6) is 0 Å². The van der Waals surface area contributed by atoms with Gasteiger partial charge < -0.3 is 10.2 Å². The molecule has 0 saturated carbocycles. The molecule has 0 aliphatic carbocycles. The quantitative estimate of drug-likeness (QED) is 0.854. The fourth-order valence-electron chi connectivity index (χ4n) is 2.20. The number of rotatable bonds is 5. The maximum absolute atomic E-state index is 13.8. The van der Waals surface area contributed by atoms with Crippen LogP contribution in [0.2, 0.25) is 0 Å². The number of hydrogen-bond donors (Lipinski definition) is 1. The molecule has 2 atom stereocenters. The normalized spacial score (nSPS) is 16.9. The highest BCUT2D eigenvalue weighted by molar-refractivity contribution is 5.22. The highest BCUT2D eigenvalue weighted by Crippen LogP contribution is 2.33. The highest BCUT2D eigenvalue weighted by atomic mass is 19.1. The van der Waals surface area contributed by atoms with Crippen molar-refractivity contribution in [1.82, 2.24) is 15.2 Å². The van der Waals surface area contributed by atoms with E-state index < -0.39 is 0 Å². The lowest BCUT2D eigenvalue weighted by atomic mass is 9.83. The molecule has 1 rings (SSSR count). The Labute approximate surface area is 103 Å². The second-order valence-electron chi connectivity index (χ2n) is 4.72. The van der Waals surface area contributed by atoms with E-state index in [2.05, 4.69) is 29.0 Å². The Morgan fingerprint density at radius 2 is 2.18 bits per heavy atom. The van der Waals surface area contributed by atoms with E-state index in [4.69, 9.17) is 0 Å². The summed E-state index contributed by atoms with van der Waals surface area (Å²) in [4.78, 5) is 5.93. The summed E-state index contributed by atoms with van der Waals surface area (Å²) in [6.07, 6.45) is 3.83. The molecule has 0 aromatic carbocycles. The molecule has 0 spiro atoms. The lowest BCUT2D eigenvalue weighted by Crippen LogP contribution is -2.50. The Hall–Kier alpha value is -1.00. The molecule has 96 valence electrons. The summed E-state index contributed by atoms with van der Waals surface area (Å²) in [6.45, 7) is 4.25. The van der Waals surface area contributed by atoms with Crippen molar-refractivity contribution < 1.29 is 4.39 Å². The van der Waals surface area contributed by atoms with Crippen LogP contribution in [0.4, 0.5) is 4.39 Å². The van der Waals surface area contributed by atoms with Gasteiger partial charge in [0.15, 0.2) is 0 Å². The molecule has 1 heterocycles. The van der Waals surface area contributed by atoms with Gasteiger partial charge in [-0.1, -0.05) is 6.92 Å². The third-order valence-electron chi connectivity index (χ3n) is 3.76. The van der Waals surface area contributed by atoms with Gasteiger partial charge in [0.2, 0.25) is 0 Å². The Morgan fingerprint density at radius 3 is 2.59 bits per heavy atom. The minimum Gasteiger partial charge on any atom is -0.311 e. The van der Waals surface area contributed by atoms with E-state index in [0.29, 0.717) is 5.56 Å². The van der Waals surface area contributed by atoms with Crippen LogP contribution in [0.1, 0.15) is 31.9 Å².